The van der Waals surface area contributed by atoms with E-state index in [4.69, 9.17) is 24.7 Å². The predicted molar refractivity (Wildman–Crippen MR) is 197 cm³/mol. The van der Waals surface area contributed by atoms with Crippen LogP contribution in [0.1, 0.15) is 160 Å². The zero-order valence-electron chi connectivity index (χ0n) is 34.0. The lowest BCUT2D eigenvalue weighted by molar-refractivity contribution is -0.175. The van der Waals surface area contributed by atoms with Crippen molar-refractivity contribution in [3.05, 3.63) is 0 Å². The fraction of sp³-hybridized carbons (Fsp3) is 0.905. The SMILES string of the molecule is C[C@H](CCC(C(=O)OC(C)(C)C)C(=O)OC(C)(C)C)C1CCC2C3CCC4C[C@H](OC(=O)[C@@H](N)CC(=O)OC(C)(C)C)CC[C@]4(C)C3CC[C@@]21C. The van der Waals surface area contributed by atoms with E-state index in [2.05, 4.69) is 20.8 Å². The van der Waals surface area contributed by atoms with Crippen molar-refractivity contribution in [2.75, 3.05) is 0 Å². The molecule has 0 saturated heterocycles. The number of rotatable bonds is 10. The van der Waals surface area contributed by atoms with Gasteiger partial charge in [0.25, 0.3) is 0 Å². The lowest BCUT2D eigenvalue weighted by atomic mass is 9.44. The first-order valence-electron chi connectivity index (χ1n) is 20.0. The molecule has 4 saturated carbocycles. The second-order valence-corrected chi connectivity index (χ2v) is 20.3. The van der Waals surface area contributed by atoms with Gasteiger partial charge in [0.05, 0.1) is 6.42 Å². The maximum Gasteiger partial charge on any atom is 0.323 e. The normalized spacial score (nSPS) is 33.6. The lowest BCUT2D eigenvalue weighted by Gasteiger charge is -2.61. The largest absolute Gasteiger partial charge is 0.461 e. The van der Waals surface area contributed by atoms with Crippen molar-refractivity contribution in [2.45, 2.75) is 189 Å². The van der Waals surface area contributed by atoms with E-state index in [0.717, 1.165) is 32.1 Å². The topological polar surface area (TPSA) is 131 Å². The first-order valence-corrected chi connectivity index (χ1v) is 20.0. The van der Waals surface area contributed by atoms with Gasteiger partial charge in [-0.05, 0) is 179 Å². The monoisotopic (exact) mass is 718 g/mol. The van der Waals surface area contributed by atoms with E-state index >= 15 is 0 Å². The number of carbonyl (C=O) groups excluding carboxylic acids is 4. The number of carbonyl (C=O) groups is 4. The van der Waals surface area contributed by atoms with Gasteiger partial charge in [-0.3, -0.25) is 19.2 Å². The van der Waals surface area contributed by atoms with Crippen molar-refractivity contribution in [3.8, 4) is 0 Å². The maximum atomic E-state index is 13.2. The molecule has 0 aromatic heterocycles. The molecule has 5 unspecified atom stereocenters. The highest BCUT2D eigenvalue weighted by atomic mass is 16.6. The summed E-state index contributed by atoms with van der Waals surface area (Å²) in [6.07, 6.45) is 10.8. The lowest BCUT2D eigenvalue weighted by Crippen LogP contribution is -2.54. The van der Waals surface area contributed by atoms with Crippen LogP contribution in [-0.2, 0) is 38.1 Å². The molecular weight excluding hydrogens is 646 g/mol. The summed E-state index contributed by atoms with van der Waals surface area (Å²) in [5.74, 6) is 0.577. The second kappa shape index (κ2) is 15.3. The van der Waals surface area contributed by atoms with E-state index in [9.17, 15) is 19.2 Å². The van der Waals surface area contributed by atoms with Crippen molar-refractivity contribution in [2.24, 2.45) is 58.0 Å². The van der Waals surface area contributed by atoms with Crippen molar-refractivity contribution in [1.29, 1.82) is 0 Å². The van der Waals surface area contributed by atoms with Gasteiger partial charge in [0, 0.05) is 0 Å². The molecule has 51 heavy (non-hydrogen) atoms. The molecular formula is C42H71NO8. The Morgan fingerprint density at radius 2 is 1.24 bits per heavy atom. The third-order valence-electron chi connectivity index (χ3n) is 13.1. The van der Waals surface area contributed by atoms with Crippen LogP contribution in [0.4, 0.5) is 0 Å². The van der Waals surface area contributed by atoms with Crippen molar-refractivity contribution in [3.63, 3.8) is 0 Å². The van der Waals surface area contributed by atoms with Crippen LogP contribution in [0.3, 0.4) is 0 Å². The molecule has 9 nitrogen and oxygen atoms in total. The van der Waals surface area contributed by atoms with Crippen LogP contribution >= 0.6 is 0 Å². The van der Waals surface area contributed by atoms with Crippen LogP contribution in [0.5, 0.6) is 0 Å². The molecule has 0 aromatic rings. The molecule has 0 radical (unpaired) electrons. The molecule has 2 N–H and O–H groups in total. The van der Waals surface area contributed by atoms with Crippen LogP contribution in [0.25, 0.3) is 0 Å². The van der Waals surface area contributed by atoms with Gasteiger partial charge in [-0.1, -0.05) is 20.8 Å². The Kier molecular flexibility index (Phi) is 12.5. The van der Waals surface area contributed by atoms with Gasteiger partial charge in [-0.15, -0.1) is 0 Å². The number of nitrogens with two attached hydrogens (primary N) is 1. The fourth-order valence-corrected chi connectivity index (χ4v) is 10.9. The quantitative estimate of drug-likeness (QED) is 0.135. The minimum absolute atomic E-state index is 0.160. The van der Waals surface area contributed by atoms with Crippen molar-refractivity contribution < 1.29 is 38.1 Å². The van der Waals surface area contributed by atoms with E-state index in [1.807, 2.05) is 41.5 Å². The van der Waals surface area contributed by atoms with Gasteiger partial charge in [0.2, 0.25) is 0 Å². The summed E-state index contributed by atoms with van der Waals surface area (Å²) in [5.41, 5.74) is 4.57. The van der Waals surface area contributed by atoms with Gasteiger partial charge >= 0.3 is 23.9 Å². The van der Waals surface area contributed by atoms with E-state index in [1.165, 1.54) is 32.1 Å². The third kappa shape index (κ3) is 10.1. The summed E-state index contributed by atoms with van der Waals surface area (Å²) in [7, 11) is 0. The summed E-state index contributed by atoms with van der Waals surface area (Å²) < 4.78 is 22.6. The first kappa shape index (κ1) is 41.6. The minimum Gasteiger partial charge on any atom is -0.461 e. The zero-order valence-corrected chi connectivity index (χ0v) is 34.0. The van der Waals surface area contributed by atoms with E-state index < -0.39 is 52.6 Å². The van der Waals surface area contributed by atoms with Gasteiger partial charge in [-0.25, -0.2) is 0 Å². The molecule has 0 amide bonds. The summed E-state index contributed by atoms with van der Waals surface area (Å²) in [6, 6.07) is -1.02. The molecule has 0 spiro atoms. The molecule has 0 bridgehead atoms. The standard InChI is InChI=1S/C42H71NO8/c1-25(13-15-29(35(45)50-39(5,6)7)36(46)51-40(8,9)10)30-17-18-31-28-16-14-26-23-27(19-21-41(26,11)32(28)20-22-42(30,31)12)48-37(47)33(43)24-34(44)49-38(2,3)4/h25-33H,13-24,43H2,1-12H3/t25-,26?,27-,28?,30?,31?,32?,33+,41+,42-/m1/s1. The highest BCUT2D eigenvalue weighted by molar-refractivity contribution is 5.95. The second-order valence-electron chi connectivity index (χ2n) is 20.3. The van der Waals surface area contributed by atoms with Crippen LogP contribution in [0, 0.1) is 52.3 Å². The van der Waals surface area contributed by atoms with Gasteiger partial charge in [-0.2, -0.15) is 0 Å². The summed E-state index contributed by atoms with van der Waals surface area (Å²) >= 11 is 0. The summed E-state index contributed by atoms with van der Waals surface area (Å²) in [5, 5.41) is 0. The fourth-order valence-electron chi connectivity index (χ4n) is 10.9. The Hall–Kier alpha value is -2.16. The highest BCUT2D eigenvalue weighted by Crippen LogP contribution is 2.68. The number of ether oxygens (including phenoxy) is 4. The van der Waals surface area contributed by atoms with Gasteiger partial charge in [0.1, 0.15) is 28.9 Å². The Morgan fingerprint density at radius 3 is 1.80 bits per heavy atom. The number of hydrogen-bond donors (Lipinski definition) is 1. The number of esters is 4. The molecule has 0 aromatic carbocycles. The predicted octanol–water partition coefficient (Wildman–Crippen LogP) is 8.33. The van der Waals surface area contributed by atoms with Gasteiger partial charge < -0.3 is 24.7 Å². The maximum absolute atomic E-state index is 13.2. The number of fused-ring (bicyclic) bond motifs is 5. The molecule has 0 heterocycles. The van der Waals surface area contributed by atoms with Gasteiger partial charge in [0.15, 0.2) is 5.92 Å². The molecule has 4 aliphatic rings. The zero-order chi connectivity index (χ0) is 38.3. The molecule has 4 aliphatic carbocycles. The minimum atomic E-state index is -1.02. The van der Waals surface area contributed by atoms with Crippen molar-refractivity contribution in [1.82, 2.24) is 0 Å². The molecule has 292 valence electrons. The molecule has 0 aliphatic heterocycles. The van der Waals surface area contributed by atoms with Crippen LogP contribution in [0.2, 0.25) is 0 Å². The number of hydrogen-bond acceptors (Lipinski definition) is 9. The smallest absolute Gasteiger partial charge is 0.323 e. The summed E-state index contributed by atoms with van der Waals surface area (Å²) in [4.78, 5) is 51.6. The summed E-state index contributed by atoms with van der Waals surface area (Å²) in [6.45, 7) is 23.7. The molecule has 9 heteroatoms. The third-order valence-corrected chi connectivity index (χ3v) is 13.1. The molecule has 4 fully saturated rings. The molecule has 10 atom stereocenters. The Bertz CT molecular complexity index is 1250. The van der Waals surface area contributed by atoms with E-state index in [0.29, 0.717) is 41.9 Å². The Morgan fingerprint density at radius 1 is 0.686 bits per heavy atom. The van der Waals surface area contributed by atoms with E-state index in [1.54, 1.807) is 20.8 Å². The average Bonchev–Trinajstić information content (AvgIpc) is 3.31. The van der Waals surface area contributed by atoms with E-state index in [-0.39, 0.29) is 23.4 Å². The van der Waals surface area contributed by atoms with Crippen LogP contribution in [-0.4, -0.2) is 52.8 Å². The van der Waals surface area contributed by atoms with Crippen LogP contribution < -0.4 is 5.73 Å². The Balaban J connectivity index is 1.36. The average molecular weight is 718 g/mol. The van der Waals surface area contributed by atoms with Crippen molar-refractivity contribution >= 4 is 23.9 Å². The Labute approximate surface area is 308 Å². The van der Waals surface area contributed by atoms with Crippen LogP contribution in [0.15, 0.2) is 0 Å². The molecule has 4 rings (SSSR count). The highest BCUT2D eigenvalue weighted by Gasteiger charge is 2.61. The first-order chi connectivity index (χ1) is 23.3.